The molecule has 0 aromatic heterocycles. The molecule has 0 atom stereocenters. The highest BCUT2D eigenvalue weighted by Crippen LogP contribution is 2.28. The van der Waals surface area contributed by atoms with E-state index in [0.29, 0.717) is 12.2 Å². The van der Waals surface area contributed by atoms with Gasteiger partial charge in [0.25, 0.3) is 0 Å². The first-order chi connectivity index (χ1) is 4.29. The van der Waals surface area contributed by atoms with Gasteiger partial charge in [-0.2, -0.15) is 0 Å². The summed E-state index contributed by atoms with van der Waals surface area (Å²) in [5, 5.41) is 17.1. The molecular weight excluding hydrogens is 115 g/mol. The van der Waals surface area contributed by atoms with E-state index in [0.717, 1.165) is 0 Å². The van der Waals surface area contributed by atoms with Gasteiger partial charge >= 0.3 is 7.12 Å². The van der Waals surface area contributed by atoms with E-state index < -0.39 is 7.12 Å². The van der Waals surface area contributed by atoms with Gasteiger partial charge in [0.15, 0.2) is 0 Å². The SMILES string of the molecule is OB(O)CC1CCCC1. The standard InChI is InChI=1S/C6H13BO2/c8-7(9)5-6-3-1-2-4-6/h6,8-9H,1-5H2. The first-order valence-corrected chi connectivity index (χ1v) is 3.65. The summed E-state index contributed by atoms with van der Waals surface area (Å²) in [6.07, 6.45) is 5.52. The predicted molar refractivity (Wildman–Crippen MR) is 37.0 cm³/mol. The van der Waals surface area contributed by atoms with Crippen LogP contribution in [-0.2, 0) is 0 Å². The van der Waals surface area contributed by atoms with Crippen molar-refractivity contribution in [2.45, 2.75) is 32.0 Å². The van der Waals surface area contributed by atoms with Crippen LogP contribution in [0.5, 0.6) is 0 Å². The first kappa shape index (κ1) is 7.10. The lowest BCUT2D eigenvalue weighted by Gasteiger charge is -2.05. The van der Waals surface area contributed by atoms with Gasteiger partial charge in [-0.3, -0.25) is 0 Å². The second-order valence-corrected chi connectivity index (χ2v) is 2.87. The Bertz CT molecular complexity index is 79.1. The molecule has 9 heavy (non-hydrogen) atoms. The van der Waals surface area contributed by atoms with Crippen LogP contribution in [0.2, 0.25) is 6.32 Å². The Morgan fingerprint density at radius 3 is 2.22 bits per heavy atom. The average molecular weight is 128 g/mol. The fraction of sp³-hybridized carbons (Fsp3) is 1.00. The van der Waals surface area contributed by atoms with Crippen LogP contribution >= 0.6 is 0 Å². The van der Waals surface area contributed by atoms with Crippen LogP contribution in [-0.4, -0.2) is 17.2 Å². The van der Waals surface area contributed by atoms with Crippen molar-refractivity contribution < 1.29 is 10.0 Å². The second-order valence-electron chi connectivity index (χ2n) is 2.87. The molecule has 2 nitrogen and oxygen atoms in total. The van der Waals surface area contributed by atoms with Gasteiger partial charge in [0.2, 0.25) is 0 Å². The van der Waals surface area contributed by atoms with Crippen LogP contribution < -0.4 is 0 Å². The normalized spacial score (nSPS) is 20.7. The Labute approximate surface area is 56.0 Å². The average Bonchev–Trinajstić information content (AvgIpc) is 2.15. The van der Waals surface area contributed by atoms with Crippen molar-refractivity contribution in [3.63, 3.8) is 0 Å². The van der Waals surface area contributed by atoms with Gasteiger partial charge < -0.3 is 10.0 Å². The summed E-state index contributed by atoms with van der Waals surface area (Å²) in [4.78, 5) is 0. The summed E-state index contributed by atoms with van der Waals surface area (Å²) in [5.74, 6) is 0.588. The zero-order chi connectivity index (χ0) is 6.69. The molecule has 0 radical (unpaired) electrons. The van der Waals surface area contributed by atoms with Gasteiger partial charge in [0.05, 0.1) is 0 Å². The monoisotopic (exact) mass is 128 g/mol. The molecule has 2 N–H and O–H groups in total. The minimum absolute atomic E-state index is 0.583. The largest absolute Gasteiger partial charge is 0.451 e. The molecule has 0 aromatic rings. The third kappa shape index (κ3) is 2.37. The molecule has 0 heterocycles. The van der Waals surface area contributed by atoms with E-state index in [9.17, 15) is 0 Å². The molecule has 1 rings (SSSR count). The molecular formula is C6H13BO2. The van der Waals surface area contributed by atoms with Crippen molar-refractivity contribution >= 4 is 7.12 Å². The summed E-state index contributed by atoms with van der Waals surface area (Å²) in [6.45, 7) is 0. The minimum Gasteiger partial charge on any atom is -0.427 e. The summed E-state index contributed by atoms with van der Waals surface area (Å²) in [5.41, 5.74) is 0. The van der Waals surface area contributed by atoms with Crippen LogP contribution in [0.4, 0.5) is 0 Å². The maximum absolute atomic E-state index is 8.57. The zero-order valence-electron chi connectivity index (χ0n) is 5.58. The van der Waals surface area contributed by atoms with E-state index in [1.807, 2.05) is 0 Å². The summed E-state index contributed by atoms with van der Waals surface area (Å²) >= 11 is 0. The molecule has 1 aliphatic rings. The summed E-state index contributed by atoms with van der Waals surface area (Å²) < 4.78 is 0. The highest BCUT2D eigenvalue weighted by molar-refractivity contribution is 6.41. The Balaban J connectivity index is 2.11. The van der Waals surface area contributed by atoms with E-state index in [-0.39, 0.29) is 0 Å². The van der Waals surface area contributed by atoms with E-state index >= 15 is 0 Å². The van der Waals surface area contributed by atoms with Gasteiger partial charge in [-0.05, 0) is 12.2 Å². The molecule has 0 aromatic carbocycles. The van der Waals surface area contributed by atoms with E-state index in [4.69, 9.17) is 10.0 Å². The number of hydrogen-bond donors (Lipinski definition) is 2. The molecule has 3 heteroatoms. The fourth-order valence-electron chi connectivity index (χ4n) is 1.54. The van der Waals surface area contributed by atoms with Crippen molar-refractivity contribution in [3.8, 4) is 0 Å². The number of rotatable bonds is 2. The Kier molecular flexibility index (Phi) is 2.55. The van der Waals surface area contributed by atoms with Crippen LogP contribution in [0.1, 0.15) is 25.7 Å². The molecule has 1 aliphatic carbocycles. The molecule has 1 saturated carbocycles. The third-order valence-electron chi connectivity index (χ3n) is 2.02. The highest BCUT2D eigenvalue weighted by atomic mass is 16.4. The van der Waals surface area contributed by atoms with Gasteiger partial charge in [0.1, 0.15) is 0 Å². The van der Waals surface area contributed by atoms with Crippen molar-refractivity contribution in [2.75, 3.05) is 0 Å². The third-order valence-corrected chi connectivity index (χ3v) is 2.02. The van der Waals surface area contributed by atoms with Crippen molar-refractivity contribution in [1.29, 1.82) is 0 Å². The molecule has 1 fully saturated rings. The van der Waals surface area contributed by atoms with Gasteiger partial charge in [-0.1, -0.05) is 25.7 Å². The van der Waals surface area contributed by atoms with E-state index in [1.165, 1.54) is 25.7 Å². The molecule has 0 bridgehead atoms. The zero-order valence-corrected chi connectivity index (χ0v) is 5.58. The molecule has 0 saturated heterocycles. The molecule has 0 unspecified atom stereocenters. The minimum atomic E-state index is -1.08. The molecule has 0 amide bonds. The highest BCUT2D eigenvalue weighted by Gasteiger charge is 2.20. The molecule has 52 valence electrons. The lowest BCUT2D eigenvalue weighted by Crippen LogP contribution is -2.14. The topological polar surface area (TPSA) is 40.5 Å². The lowest BCUT2D eigenvalue weighted by molar-refractivity contribution is 0.387. The Hall–Kier alpha value is -0.0151. The quantitative estimate of drug-likeness (QED) is 0.536. The van der Waals surface area contributed by atoms with Crippen LogP contribution in [0.15, 0.2) is 0 Å². The molecule has 0 aliphatic heterocycles. The Morgan fingerprint density at radius 2 is 1.78 bits per heavy atom. The van der Waals surface area contributed by atoms with Gasteiger partial charge in [0, 0.05) is 0 Å². The maximum atomic E-state index is 8.57. The smallest absolute Gasteiger partial charge is 0.427 e. The van der Waals surface area contributed by atoms with E-state index in [2.05, 4.69) is 0 Å². The summed E-state index contributed by atoms with van der Waals surface area (Å²) in [6, 6.07) is 0. The lowest BCUT2D eigenvalue weighted by atomic mass is 9.78. The van der Waals surface area contributed by atoms with Crippen molar-refractivity contribution in [1.82, 2.24) is 0 Å². The maximum Gasteiger partial charge on any atom is 0.451 e. The van der Waals surface area contributed by atoms with Crippen molar-refractivity contribution in [3.05, 3.63) is 0 Å². The second kappa shape index (κ2) is 3.23. The van der Waals surface area contributed by atoms with Gasteiger partial charge in [-0.15, -0.1) is 0 Å². The predicted octanol–water partition coefficient (Wildman–Crippen LogP) is 0.649. The first-order valence-electron chi connectivity index (χ1n) is 3.65. The van der Waals surface area contributed by atoms with Gasteiger partial charge in [-0.25, -0.2) is 0 Å². The molecule has 0 spiro atoms. The number of hydrogen-bond acceptors (Lipinski definition) is 2. The van der Waals surface area contributed by atoms with Crippen molar-refractivity contribution in [2.24, 2.45) is 5.92 Å². The Morgan fingerprint density at radius 1 is 1.22 bits per heavy atom. The van der Waals surface area contributed by atoms with Crippen LogP contribution in [0.3, 0.4) is 0 Å². The van der Waals surface area contributed by atoms with Crippen LogP contribution in [0.25, 0.3) is 0 Å². The van der Waals surface area contributed by atoms with E-state index in [1.54, 1.807) is 0 Å². The fourth-order valence-corrected chi connectivity index (χ4v) is 1.54. The summed E-state index contributed by atoms with van der Waals surface area (Å²) in [7, 11) is -1.08. The van der Waals surface area contributed by atoms with Crippen LogP contribution in [0, 0.1) is 5.92 Å².